The number of carbonyl (C=O) groups is 1. The first-order valence-corrected chi connectivity index (χ1v) is 35.5. The number of rotatable bonds is 66. The van der Waals surface area contributed by atoms with Crippen LogP contribution in [0.5, 0.6) is 0 Å². The van der Waals surface area contributed by atoms with Crippen LogP contribution in [-0.2, 0) is 4.79 Å². The van der Waals surface area contributed by atoms with Gasteiger partial charge < -0.3 is 25.7 Å². The van der Waals surface area contributed by atoms with E-state index in [4.69, 9.17) is 0 Å². The maximum Gasteiger partial charge on any atom is 0.249 e. The van der Waals surface area contributed by atoms with Crippen molar-refractivity contribution in [1.82, 2.24) is 5.32 Å². The van der Waals surface area contributed by atoms with E-state index in [2.05, 4.69) is 67.8 Å². The number of aliphatic hydroxyl groups is 4. The second-order valence-electron chi connectivity index (χ2n) is 24.6. The van der Waals surface area contributed by atoms with Crippen LogP contribution in [0.25, 0.3) is 0 Å². The van der Waals surface area contributed by atoms with Crippen molar-refractivity contribution in [3.05, 3.63) is 48.6 Å². The lowest BCUT2D eigenvalue weighted by Gasteiger charge is -2.27. The van der Waals surface area contributed by atoms with Crippen molar-refractivity contribution in [3.8, 4) is 0 Å². The minimum absolute atomic E-state index is 0.360. The van der Waals surface area contributed by atoms with Crippen LogP contribution in [0.1, 0.15) is 380 Å². The van der Waals surface area contributed by atoms with Crippen molar-refractivity contribution < 1.29 is 25.2 Å². The van der Waals surface area contributed by atoms with Crippen molar-refractivity contribution in [2.45, 2.75) is 404 Å². The highest BCUT2D eigenvalue weighted by Gasteiger charge is 2.28. The lowest BCUT2D eigenvalue weighted by Crippen LogP contribution is -2.53. The molecule has 79 heavy (non-hydrogen) atoms. The summed E-state index contributed by atoms with van der Waals surface area (Å²) in [5.41, 5.74) is 0. The Kier molecular flexibility index (Phi) is 65.6. The molecule has 0 radical (unpaired) electrons. The Morgan fingerprint density at radius 3 is 0.797 bits per heavy atom. The maximum atomic E-state index is 12.7. The zero-order valence-corrected chi connectivity index (χ0v) is 53.1. The van der Waals surface area contributed by atoms with Crippen molar-refractivity contribution in [3.63, 3.8) is 0 Å². The molecule has 0 aromatic heterocycles. The third-order valence-corrected chi connectivity index (χ3v) is 16.7. The molecule has 0 aliphatic rings. The molecule has 0 aromatic rings. The van der Waals surface area contributed by atoms with Gasteiger partial charge in [0.05, 0.1) is 18.8 Å². The van der Waals surface area contributed by atoms with Crippen LogP contribution < -0.4 is 5.32 Å². The lowest BCUT2D eigenvalue weighted by molar-refractivity contribution is -0.132. The molecule has 6 nitrogen and oxygen atoms in total. The summed E-state index contributed by atoms with van der Waals surface area (Å²) in [5.74, 6) is -0.594. The molecule has 0 bridgehead atoms. The summed E-state index contributed by atoms with van der Waals surface area (Å²) in [5, 5.41) is 44.2. The molecule has 0 aliphatic carbocycles. The highest BCUT2D eigenvalue weighted by Crippen LogP contribution is 2.19. The molecule has 5 N–H and O–H groups in total. The van der Waals surface area contributed by atoms with Gasteiger partial charge >= 0.3 is 0 Å². The summed E-state index contributed by atoms with van der Waals surface area (Å²) < 4.78 is 0. The van der Waals surface area contributed by atoms with E-state index in [1.165, 1.54) is 295 Å². The van der Waals surface area contributed by atoms with Crippen LogP contribution >= 0.6 is 0 Å². The molecule has 0 saturated heterocycles. The Morgan fingerprint density at radius 2 is 0.532 bits per heavy atom. The number of hydrogen-bond donors (Lipinski definition) is 5. The van der Waals surface area contributed by atoms with E-state index in [9.17, 15) is 25.2 Å². The van der Waals surface area contributed by atoms with Crippen LogP contribution in [0.4, 0.5) is 0 Å². The average Bonchev–Trinajstić information content (AvgIpc) is 3.45. The van der Waals surface area contributed by atoms with E-state index in [1.54, 1.807) is 0 Å². The summed E-state index contributed by atoms with van der Waals surface area (Å²) >= 11 is 0. The zero-order valence-electron chi connectivity index (χ0n) is 53.1. The normalized spacial score (nSPS) is 13.7. The minimum atomic E-state index is -1.30. The zero-order chi connectivity index (χ0) is 57.3. The van der Waals surface area contributed by atoms with Gasteiger partial charge in [-0.25, -0.2) is 0 Å². The van der Waals surface area contributed by atoms with Gasteiger partial charge in [-0.1, -0.05) is 339 Å². The number of aliphatic hydroxyl groups excluding tert-OH is 4. The third-order valence-electron chi connectivity index (χ3n) is 16.7. The van der Waals surface area contributed by atoms with Crippen LogP contribution in [0.3, 0.4) is 0 Å². The molecule has 0 fully saturated rings. The van der Waals surface area contributed by atoms with E-state index >= 15 is 0 Å². The Morgan fingerprint density at radius 1 is 0.304 bits per heavy atom. The SMILES string of the molecule is CCCCCCCCCCCCCC/C=C/CC/C=C/CC/C=C/CCCC(O)C(O)C(CO)NC(=O)C(O)CCCCCCCCCCCCCCCCCC/C=C\CCCCCCCCCCCCCCCCCCCC. The smallest absolute Gasteiger partial charge is 0.249 e. The van der Waals surface area contributed by atoms with Gasteiger partial charge in [-0.15, -0.1) is 0 Å². The molecule has 0 aliphatic heterocycles. The van der Waals surface area contributed by atoms with Gasteiger partial charge in [0.15, 0.2) is 0 Å². The molecule has 0 spiro atoms. The monoisotopic (exact) mass is 1110 g/mol. The predicted molar refractivity (Wildman–Crippen MR) is 348 cm³/mol. The lowest BCUT2D eigenvalue weighted by atomic mass is 10.00. The Labute approximate surface area is 493 Å². The Balaban J connectivity index is 3.58. The summed E-state index contributed by atoms with van der Waals surface area (Å²) in [6, 6.07) is -1.01. The van der Waals surface area contributed by atoms with Gasteiger partial charge in [0.25, 0.3) is 0 Å². The molecule has 0 heterocycles. The second-order valence-corrected chi connectivity index (χ2v) is 24.6. The highest BCUT2D eigenvalue weighted by molar-refractivity contribution is 5.80. The highest BCUT2D eigenvalue weighted by atomic mass is 16.3. The summed E-state index contributed by atoms with van der Waals surface area (Å²) in [6.45, 7) is 4.09. The van der Waals surface area contributed by atoms with Crippen molar-refractivity contribution in [2.75, 3.05) is 6.61 Å². The van der Waals surface area contributed by atoms with Gasteiger partial charge in [0.2, 0.25) is 5.91 Å². The van der Waals surface area contributed by atoms with Gasteiger partial charge in [-0.3, -0.25) is 4.79 Å². The number of hydrogen-bond acceptors (Lipinski definition) is 5. The molecule has 0 saturated carbocycles. The van der Waals surface area contributed by atoms with Crippen LogP contribution in [0, 0.1) is 0 Å². The van der Waals surface area contributed by atoms with Gasteiger partial charge in [-0.05, 0) is 89.9 Å². The first-order valence-electron chi connectivity index (χ1n) is 35.5. The standard InChI is InChI=1S/C73H139NO5/c1-3-5-7-9-11-13-15-17-19-21-23-25-27-29-30-31-32-33-34-35-36-37-38-39-40-41-43-45-47-49-51-53-55-57-59-61-63-65-67-71(77)73(79)74-69(68-75)72(78)70(76)66-64-62-60-58-56-54-52-50-48-46-44-42-28-26-24-22-20-18-16-14-12-10-8-6-4-2/h35-36,42,44,50,52,58,60,69-72,75-78H,3-34,37-41,43,45-49,51,53-57,59,61-68H2,1-2H3,(H,74,79)/b36-35-,44-42+,52-50+,60-58+. The van der Waals surface area contributed by atoms with E-state index in [0.717, 1.165) is 51.4 Å². The first kappa shape index (κ1) is 77.3. The number of unbranched alkanes of at least 4 members (excludes halogenated alkanes) is 49. The van der Waals surface area contributed by atoms with Crippen molar-refractivity contribution in [2.24, 2.45) is 0 Å². The molecular formula is C73H139NO5. The molecule has 466 valence electrons. The number of amides is 1. The minimum Gasteiger partial charge on any atom is -0.394 e. The van der Waals surface area contributed by atoms with Crippen LogP contribution in [0.15, 0.2) is 48.6 Å². The van der Waals surface area contributed by atoms with E-state index in [1.807, 2.05) is 0 Å². The fourth-order valence-electron chi connectivity index (χ4n) is 11.2. The number of allylic oxidation sites excluding steroid dienone is 8. The molecule has 4 unspecified atom stereocenters. The Bertz CT molecular complexity index is 1290. The number of nitrogens with one attached hydrogen (secondary N) is 1. The van der Waals surface area contributed by atoms with Gasteiger partial charge in [0, 0.05) is 0 Å². The molecule has 1 amide bonds. The average molecular weight is 1110 g/mol. The first-order chi connectivity index (χ1) is 39.0. The number of carbonyl (C=O) groups excluding carboxylic acids is 1. The summed E-state index contributed by atoms with van der Waals surface area (Å²) in [4.78, 5) is 12.7. The summed E-state index contributed by atoms with van der Waals surface area (Å²) in [6.07, 6.45) is 88.2. The van der Waals surface area contributed by atoms with Crippen molar-refractivity contribution >= 4 is 5.91 Å². The molecule has 4 atom stereocenters. The Hall–Kier alpha value is -1.73. The maximum absolute atomic E-state index is 12.7. The second kappa shape index (κ2) is 67.1. The fraction of sp³-hybridized carbons (Fsp3) is 0.877. The predicted octanol–water partition coefficient (Wildman–Crippen LogP) is 22.0. The van der Waals surface area contributed by atoms with Crippen LogP contribution in [0.2, 0.25) is 0 Å². The third kappa shape index (κ3) is 60.7. The van der Waals surface area contributed by atoms with Gasteiger partial charge in [-0.2, -0.15) is 0 Å². The van der Waals surface area contributed by atoms with E-state index in [0.29, 0.717) is 19.3 Å². The summed E-state index contributed by atoms with van der Waals surface area (Å²) in [7, 11) is 0. The largest absolute Gasteiger partial charge is 0.394 e. The quantitative estimate of drug-likeness (QED) is 0.0308. The van der Waals surface area contributed by atoms with Crippen molar-refractivity contribution in [1.29, 1.82) is 0 Å². The van der Waals surface area contributed by atoms with Crippen LogP contribution in [-0.4, -0.2) is 57.3 Å². The van der Waals surface area contributed by atoms with Gasteiger partial charge in [0.1, 0.15) is 12.2 Å². The molecule has 6 heteroatoms. The fourth-order valence-corrected chi connectivity index (χ4v) is 11.2. The van der Waals surface area contributed by atoms with E-state index < -0.39 is 36.9 Å². The molecule has 0 rings (SSSR count). The van der Waals surface area contributed by atoms with E-state index in [-0.39, 0.29) is 0 Å². The molecular weight excluding hydrogens is 971 g/mol. The topological polar surface area (TPSA) is 110 Å². The molecule has 0 aromatic carbocycles.